The molecular formula is C19H25N3O3. The Morgan fingerprint density at radius 3 is 2.68 bits per heavy atom. The number of hydrogen-bond acceptors (Lipinski definition) is 4. The molecule has 0 saturated carbocycles. The second-order valence-electron chi connectivity index (χ2n) is 6.74. The van der Waals surface area contributed by atoms with Gasteiger partial charge in [-0.1, -0.05) is 12.1 Å². The highest BCUT2D eigenvalue weighted by Crippen LogP contribution is 2.25. The number of aryl methyl sites for hydroxylation is 1. The highest BCUT2D eigenvalue weighted by Gasteiger charge is 2.22. The molecule has 3 rings (SSSR count). The average Bonchev–Trinajstić information content (AvgIpc) is 3.23. The van der Waals surface area contributed by atoms with Crippen LogP contribution in [0.4, 0.5) is 0 Å². The quantitative estimate of drug-likeness (QED) is 0.807. The molecule has 0 aliphatic carbocycles. The minimum Gasteiger partial charge on any atom is -0.481 e. The second-order valence-corrected chi connectivity index (χ2v) is 6.74. The van der Waals surface area contributed by atoms with Crippen LogP contribution in [0.1, 0.15) is 42.1 Å². The van der Waals surface area contributed by atoms with Gasteiger partial charge in [0.1, 0.15) is 0 Å². The van der Waals surface area contributed by atoms with Gasteiger partial charge in [0.25, 0.3) is 0 Å². The molecule has 2 aromatic rings. The fraction of sp³-hybridized carbons (Fsp3) is 0.474. The van der Waals surface area contributed by atoms with Gasteiger partial charge < -0.3 is 15.1 Å². The van der Waals surface area contributed by atoms with Crippen molar-refractivity contribution in [1.82, 2.24) is 14.7 Å². The van der Waals surface area contributed by atoms with Crippen LogP contribution in [-0.2, 0) is 11.4 Å². The number of nitrogens with zero attached hydrogens (tertiary/aromatic N) is 3. The summed E-state index contributed by atoms with van der Waals surface area (Å²) in [6.07, 6.45) is 2.51. The van der Waals surface area contributed by atoms with Gasteiger partial charge in [0.2, 0.25) is 0 Å². The van der Waals surface area contributed by atoms with E-state index in [-0.39, 0.29) is 18.9 Å². The second kappa shape index (κ2) is 7.80. The number of aliphatic hydroxyl groups excluding tert-OH is 1. The van der Waals surface area contributed by atoms with Gasteiger partial charge in [0.05, 0.1) is 24.4 Å². The van der Waals surface area contributed by atoms with Gasteiger partial charge in [-0.15, -0.1) is 0 Å². The van der Waals surface area contributed by atoms with E-state index in [9.17, 15) is 15.0 Å². The van der Waals surface area contributed by atoms with Gasteiger partial charge in [0.15, 0.2) is 0 Å². The first-order valence-corrected chi connectivity index (χ1v) is 8.77. The van der Waals surface area contributed by atoms with Crippen molar-refractivity contribution in [3.05, 3.63) is 47.3 Å². The van der Waals surface area contributed by atoms with Crippen molar-refractivity contribution in [2.75, 3.05) is 19.6 Å². The lowest BCUT2D eigenvalue weighted by Crippen LogP contribution is -2.27. The Balaban J connectivity index is 1.88. The molecule has 1 saturated heterocycles. The average molecular weight is 343 g/mol. The van der Waals surface area contributed by atoms with Crippen LogP contribution in [0.3, 0.4) is 0 Å². The number of carbonyl (C=O) groups is 1. The fourth-order valence-electron chi connectivity index (χ4n) is 3.56. The lowest BCUT2D eigenvalue weighted by molar-refractivity contribution is -0.137. The van der Waals surface area contributed by atoms with E-state index in [4.69, 9.17) is 0 Å². The van der Waals surface area contributed by atoms with Gasteiger partial charge in [-0.25, -0.2) is 4.68 Å². The molecule has 134 valence electrons. The van der Waals surface area contributed by atoms with Crippen molar-refractivity contribution in [2.45, 2.75) is 38.7 Å². The summed E-state index contributed by atoms with van der Waals surface area (Å²) in [5.41, 5.74) is 3.48. The number of benzene rings is 1. The zero-order valence-corrected chi connectivity index (χ0v) is 14.6. The van der Waals surface area contributed by atoms with Crippen LogP contribution < -0.4 is 0 Å². The van der Waals surface area contributed by atoms with Crippen molar-refractivity contribution in [3.63, 3.8) is 0 Å². The maximum atomic E-state index is 11.3. The molecule has 0 radical (unpaired) electrons. The molecule has 1 aliphatic heterocycles. The minimum absolute atomic E-state index is 0.0382. The Bertz CT molecular complexity index is 735. The molecule has 1 unspecified atom stereocenters. The Morgan fingerprint density at radius 1 is 1.28 bits per heavy atom. The number of rotatable bonds is 7. The zero-order chi connectivity index (χ0) is 17.8. The molecule has 1 atom stereocenters. The van der Waals surface area contributed by atoms with Crippen LogP contribution in [0.2, 0.25) is 0 Å². The Kier molecular flexibility index (Phi) is 5.50. The van der Waals surface area contributed by atoms with E-state index in [1.165, 1.54) is 12.8 Å². The number of aromatic nitrogens is 2. The lowest BCUT2D eigenvalue weighted by atomic mass is 9.94. The van der Waals surface area contributed by atoms with Crippen LogP contribution in [0.5, 0.6) is 0 Å². The summed E-state index contributed by atoms with van der Waals surface area (Å²) in [5, 5.41) is 23.0. The van der Waals surface area contributed by atoms with E-state index in [1.54, 1.807) is 4.68 Å². The van der Waals surface area contributed by atoms with Gasteiger partial charge in [-0.2, -0.15) is 5.10 Å². The summed E-state index contributed by atoms with van der Waals surface area (Å²) < 4.78 is 1.79. The minimum atomic E-state index is -0.771. The number of aliphatic hydroxyl groups is 1. The molecule has 25 heavy (non-hydrogen) atoms. The number of carboxylic acid groups (broad SMARTS) is 1. The molecule has 1 aliphatic rings. The van der Waals surface area contributed by atoms with Crippen LogP contribution in [0.15, 0.2) is 30.3 Å². The number of likely N-dealkylation sites (tertiary alicyclic amines) is 1. The number of aliphatic carboxylic acids is 1. The molecular weight excluding hydrogens is 318 g/mol. The number of hydrogen-bond donors (Lipinski definition) is 2. The third kappa shape index (κ3) is 4.27. The summed E-state index contributed by atoms with van der Waals surface area (Å²) in [6, 6.07) is 9.77. The van der Waals surface area contributed by atoms with E-state index in [2.05, 4.69) is 10.00 Å². The van der Waals surface area contributed by atoms with Crippen molar-refractivity contribution >= 4 is 5.97 Å². The zero-order valence-electron chi connectivity index (χ0n) is 14.6. The van der Waals surface area contributed by atoms with Crippen LogP contribution in [0.25, 0.3) is 5.69 Å². The number of carboxylic acids is 1. The van der Waals surface area contributed by atoms with E-state index in [1.807, 2.05) is 37.3 Å². The van der Waals surface area contributed by atoms with E-state index >= 15 is 0 Å². The highest BCUT2D eigenvalue weighted by atomic mass is 16.4. The molecule has 0 bridgehead atoms. The topological polar surface area (TPSA) is 78.6 Å². The standard InChI is InChI=1S/C19H25N3O3/c1-14-9-17(13-23)20-22(14)18-6-4-5-15(10-18)16(11-19(24)25)12-21-7-2-3-8-21/h4-6,9-10,16,23H,2-3,7-8,11-13H2,1H3,(H,24,25). The van der Waals surface area contributed by atoms with Crippen molar-refractivity contribution in [2.24, 2.45) is 0 Å². The van der Waals surface area contributed by atoms with Gasteiger partial charge >= 0.3 is 5.97 Å². The third-order valence-corrected chi connectivity index (χ3v) is 4.78. The van der Waals surface area contributed by atoms with E-state index in [0.717, 1.165) is 36.6 Å². The Morgan fingerprint density at radius 2 is 2.04 bits per heavy atom. The molecule has 2 N–H and O–H groups in total. The molecule has 1 fully saturated rings. The van der Waals surface area contributed by atoms with Crippen LogP contribution >= 0.6 is 0 Å². The summed E-state index contributed by atoms with van der Waals surface area (Å²) in [6.45, 7) is 4.72. The first kappa shape index (κ1) is 17.6. The van der Waals surface area contributed by atoms with Gasteiger partial charge in [0, 0.05) is 18.2 Å². The summed E-state index contributed by atoms with van der Waals surface area (Å²) in [5.74, 6) is -0.809. The Labute approximate surface area is 147 Å². The van der Waals surface area contributed by atoms with Crippen LogP contribution in [-0.4, -0.2) is 50.5 Å². The molecule has 1 aromatic heterocycles. The molecule has 2 heterocycles. The normalized spacial score (nSPS) is 16.2. The maximum absolute atomic E-state index is 11.3. The molecule has 1 aromatic carbocycles. The monoisotopic (exact) mass is 343 g/mol. The molecule has 6 heteroatoms. The first-order valence-electron chi connectivity index (χ1n) is 8.77. The highest BCUT2D eigenvalue weighted by molar-refractivity contribution is 5.68. The summed E-state index contributed by atoms with van der Waals surface area (Å²) in [4.78, 5) is 13.7. The Hall–Kier alpha value is -2.18. The smallest absolute Gasteiger partial charge is 0.304 e. The van der Waals surface area contributed by atoms with Gasteiger partial charge in [-0.3, -0.25) is 4.79 Å². The molecule has 6 nitrogen and oxygen atoms in total. The lowest BCUT2D eigenvalue weighted by Gasteiger charge is -2.23. The van der Waals surface area contributed by atoms with Crippen molar-refractivity contribution < 1.29 is 15.0 Å². The predicted molar refractivity (Wildman–Crippen MR) is 94.9 cm³/mol. The maximum Gasteiger partial charge on any atom is 0.304 e. The molecule has 0 amide bonds. The largest absolute Gasteiger partial charge is 0.481 e. The SMILES string of the molecule is Cc1cc(CO)nn1-c1cccc(C(CC(=O)O)CN2CCCC2)c1. The third-order valence-electron chi connectivity index (χ3n) is 4.78. The molecule has 0 spiro atoms. The first-order chi connectivity index (χ1) is 12.1. The fourth-order valence-corrected chi connectivity index (χ4v) is 3.56. The summed E-state index contributed by atoms with van der Waals surface area (Å²) >= 11 is 0. The van der Waals surface area contributed by atoms with E-state index in [0.29, 0.717) is 5.69 Å². The van der Waals surface area contributed by atoms with Gasteiger partial charge in [-0.05, 0) is 56.6 Å². The van der Waals surface area contributed by atoms with E-state index < -0.39 is 5.97 Å². The van der Waals surface area contributed by atoms with Crippen LogP contribution in [0, 0.1) is 6.92 Å². The predicted octanol–water partition coefficient (Wildman–Crippen LogP) is 2.33. The summed E-state index contributed by atoms with van der Waals surface area (Å²) in [7, 11) is 0. The van der Waals surface area contributed by atoms with Crippen molar-refractivity contribution in [1.29, 1.82) is 0 Å². The van der Waals surface area contributed by atoms with Crippen molar-refractivity contribution in [3.8, 4) is 5.69 Å².